The lowest BCUT2D eigenvalue weighted by Gasteiger charge is -2.04. The van der Waals surface area contributed by atoms with Crippen LogP contribution >= 0.6 is 45.8 Å². The van der Waals surface area contributed by atoms with Crippen molar-refractivity contribution >= 4 is 56.8 Å². The lowest BCUT2D eigenvalue weighted by Crippen LogP contribution is -2.12. The summed E-state index contributed by atoms with van der Waals surface area (Å²) in [5.74, 6) is 0.702. The highest BCUT2D eigenvalue weighted by molar-refractivity contribution is 8.00. The summed E-state index contributed by atoms with van der Waals surface area (Å²) in [5.41, 5.74) is 0.865. The van der Waals surface area contributed by atoms with Crippen molar-refractivity contribution in [3.63, 3.8) is 0 Å². The number of rotatable bonds is 6. The van der Waals surface area contributed by atoms with E-state index in [1.807, 2.05) is 46.6 Å². The molecule has 0 bridgehead atoms. The van der Waals surface area contributed by atoms with Gasteiger partial charge in [0.1, 0.15) is 4.88 Å². The van der Waals surface area contributed by atoms with E-state index in [-0.39, 0.29) is 5.91 Å². The average molecular weight is 405 g/mol. The molecule has 5 nitrogen and oxygen atoms in total. The number of thioether (sulfide) groups is 1. The predicted molar refractivity (Wildman–Crippen MR) is 105 cm³/mol. The number of carbonyl (C=O) groups excluding carboxylic acids is 1. The summed E-state index contributed by atoms with van der Waals surface area (Å²) >= 11 is 6.16. The van der Waals surface area contributed by atoms with Crippen molar-refractivity contribution < 1.29 is 4.79 Å². The molecule has 4 aromatic rings. The molecule has 0 aliphatic rings. The molecular formula is C16H12N4OS4. The number of carbonyl (C=O) groups is 1. The van der Waals surface area contributed by atoms with E-state index in [0.717, 1.165) is 15.8 Å². The molecule has 0 radical (unpaired) electrons. The molecule has 0 saturated carbocycles. The number of amides is 1. The van der Waals surface area contributed by atoms with Gasteiger partial charge in [-0.2, -0.15) is 0 Å². The maximum atomic E-state index is 12.6. The predicted octanol–water partition coefficient (Wildman–Crippen LogP) is 5.00. The Bertz CT molecular complexity index is 956. The fraction of sp³-hybridized carbons (Fsp3) is 0.0625. The van der Waals surface area contributed by atoms with Crippen LogP contribution in [0.1, 0.15) is 14.5 Å². The van der Waals surface area contributed by atoms with E-state index in [2.05, 4.69) is 27.0 Å². The molecule has 0 spiro atoms. The monoisotopic (exact) mass is 404 g/mol. The molecule has 1 N–H and O–H groups in total. The first-order chi connectivity index (χ1) is 12.3. The van der Waals surface area contributed by atoms with Gasteiger partial charge in [-0.05, 0) is 35.0 Å². The van der Waals surface area contributed by atoms with E-state index >= 15 is 0 Å². The maximum absolute atomic E-state index is 12.6. The molecular weight excluding hydrogens is 392 g/mol. The van der Waals surface area contributed by atoms with Crippen LogP contribution in [0.25, 0.3) is 5.69 Å². The van der Waals surface area contributed by atoms with Crippen molar-refractivity contribution in [3.8, 4) is 5.69 Å². The maximum Gasteiger partial charge on any atom is 0.269 e. The number of hydrogen-bond acceptors (Lipinski definition) is 7. The second-order valence-corrected chi connectivity index (χ2v) is 9.07. The number of nitrogens with zero attached hydrogens (tertiary/aromatic N) is 3. The van der Waals surface area contributed by atoms with Gasteiger partial charge in [0.15, 0.2) is 4.34 Å². The fourth-order valence-corrected chi connectivity index (χ4v) is 5.48. The summed E-state index contributed by atoms with van der Waals surface area (Å²) in [4.78, 5) is 14.5. The fourth-order valence-electron chi connectivity index (χ4n) is 2.17. The first kappa shape index (κ1) is 16.5. The molecule has 0 saturated heterocycles. The lowest BCUT2D eigenvalue weighted by molar-refractivity contribution is 0.103. The number of anilines is 1. The summed E-state index contributed by atoms with van der Waals surface area (Å²) in [6.45, 7) is 0. The topological polar surface area (TPSA) is 59.8 Å². The van der Waals surface area contributed by atoms with Crippen LogP contribution in [0.5, 0.6) is 0 Å². The number of hydrogen-bond donors (Lipinski definition) is 1. The third kappa shape index (κ3) is 3.84. The molecule has 1 amide bonds. The largest absolute Gasteiger partial charge is 0.322 e. The van der Waals surface area contributed by atoms with Crippen molar-refractivity contribution in [1.82, 2.24) is 14.8 Å². The molecule has 4 aromatic heterocycles. The van der Waals surface area contributed by atoms with E-state index in [9.17, 15) is 4.79 Å². The van der Waals surface area contributed by atoms with Gasteiger partial charge in [0.2, 0.25) is 5.13 Å². The Morgan fingerprint density at radius 2 is 2.00 bits per heavy atom. The highest BCUT2D eigenvalue weighted by Crippen LogP contribution is 2.30. The molecule has 126 valence electrons. The Morgan fingerprint density at radius 1 is 1.12 bits per heavy atom. The van der Waals surface area contributed by atoms with E-state index in [1.54, 1.807) is 23.1 Å². The molecule has 0 aliphatic heterocycles. The minimum atomic E-state index is -0.162. The first-order valence-electron chi connectivity index (χ1n) is 7.30. The second kappa shape index (κ2) is 7.52. The van der Waals surface area contributed by atoms with Gasteiger partial charge in [-0.3, -0.25) is 10.1 Å². The van der Waals surface area contributed by atoms with Gasteiger partial charge >= 0.3 is 0 Å². The smallest absolute Gasteiger partial charge is 0.269 e. The zero-order valence-electron chi connectivity index (χ0n) is 12.8. The van der Waals surface area contributed by atoms with Gasteiger partial charge in [0.25, 0.3) is 5.91 Å². The average Bonchev–Trinajstić information content (AvgIpc) is 3.40. The van der Waals surface area contributed by atoms with Crippen LogP contribution in [0.3, 0.4) is 0 Å². The van der Waals surface area contributed by atoms with Crippen LogP contribution in [-0.4, -0.2) is 20.7 Å². The van der Waals surface area contributed by atoms with Crippen LogP contribution in [0.15, 0.2) is 57.8 Å². The van der Waals surface area contributed by atoms with Gasteiger partial charge in [0, 0.05) is 23.0 Å². The van der Waals surface area contributed by atoms with Crippen LogP contribution in [0.2, 0.25) is 0 Å². The van der Waals surface area contributed by atoms with Crippen molar-refractivity contribution in [2.75, 3.05) is 5.32 Å². The molecule has 0 atom stereocenters. The third-order valence-corrected chi connectivity index (χ3v) is 7.26. The summed E-state index contributed by atoms with van der Waals surface area (Å²) in [5, 5.41) is 15.6. The Labute approximate surface area is 160 Å². The van der Waals surface area contributed by atoms with Crippen molar-refractivity contribution in [3.05, 3.63) is 63.2 Å². The number of nitrogens with one attached hydrogen (secondary N) is 1. The molecule has 0 fully saturated rings. The molecule has 25 heavy (non-hydrogen) atoms. The lowest BCUT2D eigenvalue weighted by atomic mass is 10.3. The zero-order valence-corrected chi connectivity index (χ0v) is 16.1. The van der Waals surface area contributed by atoms with Crippen LogP contribution < -0.4 is 5.32 Å². The van der Waals surface area contributed by atoms with Gasteiger partial charge < -0.3 is 4.57 Å². The van der Waals surface area contributed by atoms with Gasteiger partial charge in [0.05, 0.1) is 5.69 Å². The summed E-state index contributed by atoms with van der Waals surface area (Å²) in [7, 11) is 0. The van der Waals surface area contributed by atoms with Gasteiger partial charge in [-0.15, -0.1) is 32.9 Å². The van der Waals surface area contributed by atoms with Crippen LogP contribution in [0, 0.1) is 0 Å². The second-order valence-electron chi connectivity index (χ2n) is 4.92. The Balaban J connectivity index is 1.43. The molecule has 4 rings (SSSR count). The van der Waals surface area contributed by atoms with Crippen molar-refractivity contribution in [1.29, 1.82) is 0 Å². The summed E-state index contributed by atoms with van der Waals surface area (Å²) in [6.07, 6.45) is 3.84. The normalized spacial score (nSPS) is 10.9. The Morgan fingerprint density at radius 3 is 2.80 bits per heavy atom. The highest BCUT2D eigenvalue weighted by atomic mass is 32.2. The minimum absolute atomic E-state index is 0.162. The molecule has 9 heteroatoms. The van der Waals surface area contributed by atoms with Crippen molar-refractivity contribution in [2.24, 2.45) is 0 Å². The Kier molecular flexibility index (Phi) is 4.97. The van der Waals surface area contributed by atoms with E-state index in [0.29, 0.717) is 10.0 Å². The summed E-state index contributed by atoms with van der Waals surface area (Å²) in [6, 6.07) is 9.93. The molecule has 4 heterocycles. The molecule has 0 aliphatic carbocycles. The summed E-state index contributed by atoms with van der Waals surface area (Å²) < 4.78 is 2.77. The van der Waals surface area contributed by atoms with Crippen molar-refractivity contribution in [2.45, 2.75) is 10.1 Å². The minimum Gasteiger partial charge on any atom is -0.322 e. The third-order valence-electron chi connectivity index (χ3n) is 3.28. The van der Waals surface area contributed by atoms with E-state index in [1.165, 1.54) is 27.6 Å². The Hall–Kier alpha value is -1.94. The van der Waals surface area contributed by atoms with Gasteiger partial charge in [-0.25, -0.2) is 0 Å². The van der Waals surface area contributed by atoms with Crippen LogP contribution in [-0.2, 0) is 5.75 Å². The quantitative estimate of drug-likeness (QED) is 0.363. The molecule has 0 aromatic carbocycles. The standard InChI is InChI=1S/C16H12N4OS4/c21-14(13-12(5-9-23-13)20-6-1-2-7-20)17-15-18-19-16(25-15)24-10-11-4-3-8-22-11/h1-9H,10H2,(H,17,18,21). The van der Waals surface area contributed by atoms with E-state index in [4.69, 9.17) is 0 Å². The van der Waals surface area contributed by atoms with E-state index < -0.39 is 0 Å². The highest BCUT2D eigenvalue weighted by Gasteiger charge is 2.16. The molecule has 0 unspecified atom stereocenters. The van der Waals surface area contributed by atoms with Crippen LogP contribution in [0.4, 0.5) is 5.13 Å². The first-order valence-corrected chi connectivity index (χ1v) is 10.9. The van der Waals surface area contributed by atoms with Gasteiger partial charge in [-0.1, -0.05) is 29.2 Å². The SMILES string of the molecule is O=C(Nc1nnc(SCc2cccs2)s1)c1sccc1-n1cccc1. The number of thiophene rings is 2. The zero-order chi connectivity index (χ0) is 17.1. The number of aromatic nitrogens is 3.